The highest BCUT2D eigenvalue weighted by molar-refractivity contribution is 7.94. The second kappa shape index (κ2) is 8.67. The van der Waals surface area contributed by atoms with E-state index in [1.165, 1.54) is 22.7 Å². The van der Waals surface area contributed by atoms with Crippen LogP contribution < -0.4 is 13.9 Å². The largest absolute Gasteiger partial charge is 0.484 e. The lowest BCUT2D eigenvalue weighted by molar-refractivity contribution is -0.120. The van der Waals surface area contributed by atoms with Crippen molar-refractivity contribution in [2.45, 2.75) is 11.1 Å². The second-order valence-corrected chi connectivity index (χ2v) is 9.62. The maximum Gasteiger partial charge on any atom is 0.273 e. The highest BCUT2D eigenvalue weighted by Gasteiger charge is 2.22. The van der Waals surface area contributed by atoms with E-state index in [0.717, 1.165) is 11.3 Å². The number of ether oxygens (including phenoxy) is 1. The van der Waals surface area contributed by atoms with Crippen LogP contribution in [0.2, 0.25) is 0 Å². The number of carbonyl (C=O) groups is 1. The molecular formula is C21H22N2O4S2. The highest BCUT2D eigenvalue weighted by atomic mass is 32.2. The van der Waals surface area contributed by atoms with Gasteiger partial charge in [0.15, 0.2) is 6.61 Å². The molecule has 3 rings (SSSR count). The maximum absolute atomic E-state index is 12.6. The van der Waals surface area contributed by atoms with Gasteiger partial charge in [-0.05, 0) is 60.3 Å². The Kier molecular flexibility index (Phi) is 6.24. The predicted octanol–water partition coefficient (Wildman–Crippen LogP) is 3.92. The number of sulfonamides is 1. The van der Waals surface area contributed by atoms with Gasteiger partial charge in [0.2, 0.25) is 0 Å². The molecule has 8 heteroatoms. The molecule has 0 radical (unpaired) electrons. The van der Waals surface area contributed by atoms with E-state index in [0.29, 0.717) is 11.4 Å². The van der Waals surface area contributed by atoms with Gasteiger partial charge in [0.1, 0.15) is 9.96 Å². The monoisotopic (exact) mass is 430 g/mol. The van der Waals surface area contributed by atoms with Crippen LogP contribution in [0.25, 0.3) is 0 Å². The first-order valence-corrected chi connectivity index (χ1v) is 11.2. The molecule has 0 saturated carbocycles. The van der Waals surface area contributed by atoms with E-state index in [9.17, 15) is 13.2 Å². The zero-order valence-corrected chi connectivity index (χ0v) is 18.0. The molecule has 0 aliphatic rings. The summed E-state index contributed by atoms with van der Waals surface area (Å²) in [6, 6.07) is 17.5. The molecule has 29 heavy (non-hydrogen) atoms. The van der Waals surface area contributed by atoms with Crippen molar-refractivity contribution in [3.8, 4) is 5.75 Å². The van der Waals surface area contributed by atoms with Crippen LogP contribution in [0.15, 0.2) is 70.3 Å². The van der Waals surface area contributed by atoms with Crippen molar-refractivity contribution in [2.24, 2.45) is 0 Å². The molecule has 0 bridgehead atoms. The summed E-state index contributed by atoms with van der Waals surface area (Å²) in [6.45, 7) is 1.85. The molecule has 152 valence electrons. The van der Waals surface area contributed by atoms with E-state index in [1.54, 1.807) is 53.7 Å². The molecule has 0 aliphatic carbocycles. The molecule has 0 atom stereocenters. The molecule has 1 aromatic heterocycles. The van der Waals surface area contributed by atoms with E-state index in [4.69, 9.17) is 4.74 Å². The molecule has 0 aliphatic heterocycles. The Balaban J connectivity index is 1.63. The summed E-state index contributed by atoms with van der Waals surface area (Å²) in [5.74, 6) is 0.304. The summed E-state index contributed by atoms with van der Waals surface area (Å²) < 4.78 is 32.2. The summed E-state index contributed by atoms with van der Waals surface area (Å²) in [5.41, 5.74) is 2.38. The minimum atomic E-state index is -3.58. The van der Waals surface area contributed by atoms with Crippen LogP contribution in [-0.4, -0.2) is 35.0 Å². The Bertz CT molecular complexity index is 1080. The van der Waals surface area contributed by atoms with Gasteiger partial charge >= 0.3 is 0 Å². The van der Waals surface area contributed by atoms with Gasteiger partial charge in [-0.2, -0.15) is 0 Å². The van der Waals surface area contributed by atoms with Gasteiger partial charge in [-0.25, -0.2) is 8.42 Å². The third-order valence-electron chi connectivity index (χ3n) is 4.44. The molecular weight excluding hydrogens is 408 g/mol. The fourth-order valence-corrected chi connectivity index (χ4v) is 5.02. The zero-order valence-electron chi connectivity index (χ0n) is 16.4. The van der Waals surface area contributed by atoms with Crippen molar-refractivity contribution in [3.63, 3.8) is 0 Å². The summed E-state index contributed by atoms with van der Waals surface area (Å²) in [4.78, 5) is 13.9. The van der Waals surface area contributed by atoms with E-state index in [1.807, 2.05) is 31.2 Å². The van der Waals surface area contributed by atoms with Gasteiger partial charge < -0.3 is 9.64 Å². The van der Waals surface area contributed by atoms with Gasteiger partial charge in [0, 0.05) is 19.8 Å². The van der Waals surface area contributed by atoms with Crippen molar-refractivity contribution < 1.29 is 17.9 Å². The van der Waals surface area contributed by atoms with Gasteiger partial charge in [0.05, 0.1) is 5.69 Å². The van der Waals surface area contributed by atoms with E-state index in [-0.39, 0.29) is 16.7 Å². The van der Waals surface area contributed by atoms with Crippen LogP contribution >= 0.6 is 11.3 Å². The van der Waals surface area contributed by atoms with Crippen molar-refractivity contribution >= 4 is 38.6 Å². The van der Waals surface area contributed by atoms with Crippen LogP contribution in [0.4, 0.5) is 11.4 Å². The van der Waals surface area contributed by atoms with E-state index < -0.39 is 10.0 Å². The molecule has 2 aromatic carbocycles. The molecule has 0 fully saturated rings. The van der Waals surface area contributed by atoms with Crippen LogP contribution in [0.1, 0.15) is 5.56 Å². The molecule has 0 N–H and O–H groups in total. The van der Waals surface area contributed by atoms with E-state index >= 15 is 0 Å². The molecule has 1 heterocycles. The Labute approximate surface area is 175 Å². The van der Waals surface area contributed by atoms with Crippen LogP contribution in [0.3, 0.4) is 0 Å². The van der Waals surface area contributed by atoms with Gasteiger partial charge in [-0.15, -0.1) is 11.3 Å². The average Bonchev–Trinajstić information content (AvgIpc) is 3.27. The summed E-state index contributed by atoms with van der Waals surface area (Å²) in [6.07, 6.45) is 0. The summed E-state index contributed by atoms with van der Waals surface area (Å²) in [5, 5.41) is 1.72. The number of rotatable bonds is 7. The van der Waals surface area contributed by atoms with Crippen molar-refractivity contribution in [1.82, 2.24) is 0 Å². The van der Waals surface area contributed by atoms with Crippen molar-refractivity contribution in [2.75, 3.05) is 29.9 Å². The minimum Gasteiger partial charge on any atom is -0.484 e. The SMILES string of the molecule is Cc1cccc(N(C)C(=O)COc2ccc(N(C)S(=O)(=O)c3cccs3)cc2)c1. The number of benzene rings is 2. The third kappa shape index (κ3) is 4.78. The first-order chi connectivity index (χ1) is 13.8. The fourth-order valence-electron chi connectivity index (χ4n) is 2.66. The molecule has 0 spiro atoms. The Morgan fingerprint density at radius 2 is 1.72 bits per heavy atom. The number of amides is 1. The van der Waals surface area contributed by atoms with Crippen molar-refractivity contribution in [1.29, 1.82) is 0 Å². The van der Waals surface area contributed by atoms with Crippen molar-refractivity contribution in [3.05, 3.63) is 71.6 Å². The van der Waals surface area contributed by atoms with E-state index in [2.05, 4.69) is 0 Å². The first kappa shape index (κ1) is 20.9. The lowest BCUT2D eigenvalue weighted by atomic mass is 10.2. The standard InChI is InChI=1S/C21H22N2O4S2/c1-16-6-4-7-18(14-16)22(2)20(24)15-27-19-11-9-17(10-12-19)23(3)29(25,26)21-8-5-13-28-21/h4-14H,15H2,1-3H3. The highest BCUT2D eigenvalue weighted by Crippen LogP contribution is 2.26. The van der Waals surface area contributed by atoms with Crippen LogP contribution in [-0.2, 0) is 14.8 Å². The quantitative estimate of drug-likeness (QED) is 0.570. The summed E-state index contributed by atoms with van der Waals surface area (Å²) in [7, 11) is -0.375. The second-order valence-electron chi connectivity index (χ2n) is 6.48. The number of nitrogens with zero attached hydrogens (tertiary/aromatic N) is 2. The lowest BCUT2D eigenvalue weighted by Gasteiger charge is -2.19. The predicted molar refractivity (Wildman–Crippen MR) is 116 cm³/mol. The number of anilines is 2. The Morgan fingerprint density at radius 3 is 2.34 bits per heavy atom. The Morgan fingerprint density at radius 1 is 1.00 bits per heavy atom. The molecule has 6 nitrogen and oxygen atoms in total. The number of carbonyl (C=O) groups excluding carboxylic acids is 1. The van der Waals surface area contributed by atoms with Gasteiger partial charge in [-0.3, -0.25) is 9.10 Å². The van der Waals surface area contributed by atoms with Gasteiger partial charge in [-0.1, -0.05) is 18.2 Å². The number of aryl methyl sites for hydroxylation is 1. The molecule has 3 aromatic rings. The normalized spacial score (nSPS) is 11.1. The number of thiophene rings is 1. The summed E-state index contributed by atoms with van der Waals surface area (Å²) >= 11 is 1.17. The molecule has 0 unspecified atom stereocenters. The smallest absolute Gasteiger partial charge is 0.273 e. The minimum absolute atomic E-state index is 0.118. The lowest BCUT2D eigenvalue weighted by Crippen LogP contribution is -2.31. The Hall–Kier alpha value is -2.84. The number of hydrogen-bond donors (Lipinski definition) is 0. The number of likely N-dealkylation sites (N-methyl/N-ethyl adjacent to an activating group) is 1. The average molecular weight is 431 g/mol. The van der Waals surface area contributed by atoms with Gasteiger partial charge in [0.25, 0.3) is 15.9 Å². The molecule has 0 saturated heterocycles. The topological polar surface area (TPSA) is 66.9 Å². The third-order valence-corrected chi connectivity index (χ3v) is 7.59. The first-order valence-electron chi connectivity index (χ1n) is 8.87. The fraction of sp³-hybridized carbons (Fsp3) is 0.190. The molecule has 1 amide bonds. The van der Waals surface area contributed by atoms with Crippen LogP contribution in [0.5, 0.6) is 5.75 Å². The van der Waals surface area contributed by atoms with Crippen LogP contribution in [0, 0.1) is 6.92 Å². The number of hydrogen-bond acceptors (Lipinski definition) is 5. The maximum atomic E-state index is 12.6. The zero-order chi connectivity index (χ0) is 21.0.